The molecule has 0 spiro atoms. The molecule has 0 saturated carbocycles. The lowest BCUT2D eigenvalue weighted by Crippen LogP contribution is -2.25. The SMILES string of the molecule is CCN1c2ncc(/C=C/c3ccccc3)cc2C(=O)N(C)c2ccc(Cl)nc21. The van der Waals surface area contributed by atoms with Crippen LogP contribution in [0.1, 0.15) is 28.4 Å². The molecule has 2 aromatic heterocycles. The number of halogens is 1. The Balaban J connectivity index is 1.80. The number of carbonyl (C=O) groups excluding carboxylic acids is 1. The molecule has 1 amide bonds. The molecule has 1 aliphatic rings. The average molecular weight is 391 g/mol. The second kappa shape index (κ2) is 7.44. The van der Waals surface area contributed by atoms with Gasteiger partial charge in [0.1, 0.15) is 11.0 Å². The number of anilines is 3. The molecule has 28 heavy (non-hydrogen) atoms. The molecule has 0 bridgehead atoms. The van der Waals surface area contributed by atoms with Crippen LogP contribution >= 0.6 is 11.6 Å². The lowest BCUT2D eigenvalue weighted by Gasteiger charge is -2.22. The van der Waals surface area contributed by atoms with E-state index in [1.165, 1.54) is 0 Å². The van der Waals surface area contributed by atoms with Crippen molar-refractivity contribution in [1.82, 2.24) is 9.97 Å². The van der Waals surface area contributed by atoms with Gasteiger partial charge in [0, 0.05) is 19.8 Å². The van der Waals surface area contributed by atoms with Gasteiger partial charge in [-0.1, -0.05) is 54.1 Å². The maximum absolute atomic E-state index is 13.1. The highest BCUT2D eigenvalue weighted by atomic mass is 35.5. The molecule has 0 fully saturated rings. The van der Waals surface area contributed by atoms with Crippen molar-refractivity contribution in [2.45, 2.75) is 6.92 Å². The number of benzene rings is 1. The summed E-state index contributed by atoms with van der Waals surface area (Å²) in [6, 6.07) is 15.4. The number of pyridine rings is 2. The van der Waals surface area contributed by atoms with E-state index in [0.29, 0.717) is 34.6 Å². The van der Waals surface area contributed by atoms with E-state index in [1.54, 1.807) is 24.2 Å². The number of fused-ring (bicyclic) bond motifs is 2. The Morgan fingerprint density at radius 2 is 1.79 bits per heavy atom. The Kier molecular flexibility index (Phi) is 4.84. The molecule has 4 rings (SSSR count). The normalized spacial score (nSPS) is 13.5. The molecule has 0 saturated heterocycles. The van der Waals surface area contributed by atoms with Crippen LogP contribution in [-0.4, -0.2) is 29.5 Å². The summed E-state index contributed by atoms with van der Waals surface area (Å²) in [5.41, 5.74) is 3.18. The Morgan fingerprint density at radius 1 is 1.04 bits per heavy atom. The van der Waals surface area contributed by atoms with Gasteiger partial charge in [0.15, 0.2) is 5.82 Å². The van der Waals surface area contributed by atoms with Gasteiger partial charge < -0.3 is 9.80 Å². The molecule has 140 valence electrons. The topological polar surface area (TPSA) is 49.3 Å². The van der Waals surface area contributed by atoms with Crippen LogP contribution in [0.2, 0.25) is 5.15 Å². The van der Waals surface area contributed by atoms with Crippen LogP contribution in [0, 0.1) is 0 Å². The molecule has 5 nitrogen and oxygen atoms in total. The maximum Gasteiger partial charge on any atom is 0.261 e. The summed E-state index contributed by atoms with van der Waals surface area (Å²) in [6.45, 7) is 2.61. The van der Waals surface area contributed by atoms with Crippen LogP contribution in [0.3, 0.4) is 0 Å². The van der Waals surface area contributed by atoms with Crippen LogP contribution in [-0.2, 0) is 0 Å². The van der Waals surface area contributed by atoms with E-state index >= 15 is 0 Å². The van der Waals surface area contributed by atoms with E-state index < -0.39 is 0 Å². The van der Waals surface area contributed by atoms with Gasteiger partial charge in [0.05, 0.1) is 11.3 Å². The number of hydrogen-bond donors (Lipinski definition) is 0. The largest absolute Gasteiger partial charge is 0.309 e. The van der Waals surface area contributed by atoms with E-state index in [1.807, 2.05) is 66.4 Å². The fourth-order valence-electron chi connectivity index (χ4n) is 3.26. The van der Waals surface area contributed by atoms with Crippen molar-refractivity contribution in [2.24, 2.45) is 0 Å². The molecular formula is C22H19ClN4O. The molecule has 3 heterocycles. The summed E-state index contributed by atoms with van der Waals surface area (Å²) < 4.78 is 0. The molecular weight excluding hydrogens is 372 g/mol. The lowest BCUT2D eigenvalue weighted by atomic mass is 10.1. The number of nitrogens with zero attached hydrogens (tertiary/aromatic N) is 4. The minimum atomic E-state index is -0.126. The Hall–Kier alpha value is -3.18. The molecule has 0 N–H and O–H groups in total. The highest BCUT2D eigenvalue weighted by Gasteiger charge is 2.30. The highest BCUT2D eigenvalue weighted by Crippen LogP contribution is 2.38. The molecule has 0 atom stereocenters. The fourth-order valence-corrected chi connectivity index (χ4v) is 3.41. The van der Waals surface area contributed by atoms with Crippen molar-refractivity contribution >= 4 is 47.0 Å². The molecule has 0 radical (unpaired) electrons. The van der Waals surface area contributed by atoms with Crippen molar-refractivity contribution in [3.63, 3.8) is 0 Å². The van der Waals surface area contributed by atoms with Crippen LogP contribution in [0.5, 0.6) is 0 Å². The van der Waals surface area contributed by atoms with Gasteiger partial charge in [-0.3, -0.25) is 4.79 Å². The van der Waals surface area contributed by atoms with Crippen LogP contribution in [0.25, 0.3) is 12.2 Å². The Labute approximate surface area is 168 Å². The zero-order chi connectivity index (χ0) is 19.7. The number of amides is 1. The van der Waals surface area contributed by atoms with Crippen LogP contribution in [0.4, 0.5) is 17.3 Å². The number of carbonyl (C=O) groups is 1. The molecule has 0 unspecified atom stereocenters. The first-order chi connectivity index (χ1) is 13.6. The Bertz CT molecular complexity index is 1070. The van der Waals surface area contributed by atoms with Crippen LogP contribution < -0.4 is 9.80 Å². The van der Waals surface area contributed by atoms with Crippen molar-refractivity contribution in [3.05, 3.63) is 76.6 Å². The lowest BCUT2D eigenvalue weighted by molar-refractivity contribution is 0.0994. The number of aromatic nitrogens is 2. The molecule has 1 aromatic carbocycles. The van der Waals surface area contributed by atoms with Crippen LogP contribution in [0.15, 0.2) is 54.7 Å². The maximum atomic E-state index is 13.1. The van der Waals surface area contributed by atoms with Gasteiger partial charge in [-0.15, -0.1) is 0 Å². The zero-order valence-electron chi connectivity index (χ0n) is 15.6. The zero-order valence-corrected chi connectivity index (χ0v) is 16.4. The van der Waals surface area contributed by atoms with Gasteiger partial charge >= 0.3 is 0 Å². The predicted molar refractivity (Wildman–Crippen MR) is 114 cm³/mol. The summed E-state index contributed by atoms with van der Waals surface area (Å²) in [4.78, 5) is 25.7. The monoisotopic (exact) mass is 390 g/mol. The van der Waals surface area contributed by atoms with E-state index in [9.17, 15) is 4.79 Å². The molecule has 0 aliphatic carbocycles. The minimum Gasteiger partial charge on any atom is -0.309 e. The standard InChI is InChI=1S/C22H19ClN4O/c1-3-27-20-17(22(28)26(2)18-11-12-19(23)25-21(18)27)13-16(14-24-20)10-9-15-7-5-4-6-8-15/h4-14H,3H2,1-2H3/b10-9+. The van der Waals surface area contributed by atoms with Crippen molar-refractivity contribution < 1.29 is 4.79 Å². The first-order valence-electron chi connectivity index (χ1n) is 9.04. The quantitative estimate of drug-likeness (QED) is 0.587. The smallest absolute Gasteiger partial charge is 0.261 e. The van der Waals surface area contributed by atoms with Crippen molar-refractivity contribution in [2.75, 3.05) is 23.4 Å². The summed E-state index contributed by atoms with van der Waals surface area (Å²) in [5.74, 6) is 1.09. The van der Waals surface area contributed by atoms with Gasteiger partial charge in [0.25, 0.3) is 5.91 Å². The van der Waals surface area contributed by atoms with E-state index in [2.05, 4.69) is 9.97 Å². The first kappa shape index (κ1) is 18.2. The third-order valence-corrected chi connectivity index (χ3v) is 4.91. The molecule has 1 aliphatic heterocycles. The minimum absolute atomic E-state index is 0.126. The second-order valence-electron chi connectivity index (χ2n) is 6.47. The van der Waals surface area contributed by atoms with E-state index in [-0.39, 0.29) is 5.91 Å². The second-order valence-corrected chi connectivity index (χ2v) is 6.86. The average Bonchev–Trinajstić information content (AvgIpc) is 2.80. The van der Waals surface area contributed by atoms with E-state index in [4.69, 9.17) is 11.6 Å². The summed E-state index contributed by atoms with van der Waals surface area (Å²) >= 11 is 6.12. The van der Waals surface area contributed by atoms with Gasteiger partial charge in [0.2, 0.25) is 0 Å². The third-order valence-electron chi connectivity index (χ3n) is 4.70. The van der Waals surface area contributed by atoms with E-state index in [0.717, 1.165) is 11.1 Å². The molecule has 3 aromatic rings. The fraction of sp³-hybridized carbons (Fsp3) is 0.136. The summed E-state index contributed by atoms with van der Waals surface area (Å²) in [6.07, 6.45) is 5.73. The predicted octanol–water partition coefficient (Wildman–Crippen LogP) is 5.05. The summed E-state index contributed by atoms with van der Waals surface area (Å²) in [7, 11) is 1.74. The first-order valence-corrected chi connectivity index (χ1v) is 9.41. The van der Waals surface area contributed by atoms with Crippen molar-refractivity contribution in [1.29, 1.82) is 0 Å². The van der Waals surface area contributed by atoms with Gasteiger partial charge in [-0.25, -0.2) is 9.97 Å². The Morgan fingerprint density at radius 3 is 2.54 bits per heavy atom. The summed E-state index contributed by atoms with van der Waals surface area (Å²) in [5, 5.41) is 0.379. The highest BCUT2D eigenvalue weighted by molar-refractivity contribution is 6.29. The van der Waals surface area contributed by atoms with Gasteiger partial charge in [-0.05, 0) is 36.2 Å². The van der Waals surface area contributed by atoms with Gasteiger partial charge in [-0.2, -0.15) is 0 Å². The number of rotatable bonds is 3. The third kappa shape index (κ3) is 3.25. The number of hydrogen-bond acceptors (Lipinski definition) is 4. The van der Waals surface area contributed by atoms with Crippen molar-refractivity contribution in [3.8, 4) is 0 Å². The molecule has 6 heteroatoms.